The highest BCUT2D eigenvalue weighted by molar-refractivity contribution is 6.21. The molecule has 0 radical (unpaired) electrons. The Labute approximate surface area is 169 Å². The average molecular weight is 383 g/mol. The number of rotatable bonds is 5. The summed E-state index contributed by atoms with van der Waals surface area (Å²) in [5.41, 5.74) is 4.62. The monoisotopic (exact) mass is 383 g/mol. The molecule has 0 aliphatic heterocycles. The molecule has 0 aliphatic carbocycles. The van der Waals surface area contributed by atoms with Gasteiger partial charge in [0.05, 0.1) is 5.56 Å². The zero-order valence-corrected chi connectivity index (χ0v) is 16.3. The molecule has 0 saturated heterocycles. The minimum absolute atomic E-state index is 0.0262. The van der Waals surface area contributed by atoms with Crippen molar-refractivity contribution in [1.29, 1.82) is 0 Å². The van der Waals surface area contributed by atoms with E-state index in [2.05, 4.69) is 0 Å². The van der Waals surface area contributed by atoms with E-state index in [0.29, 0.717) is 17.5 Å². The van der Waals surface area contributed by atoms with Crippen molar-refractivity contribution in [3.8, 4) is 0 Å². The molecule has 1 heterocycles. The summed E-state index contributed by atoms with van der Waals surface area (Å²) in [6, 6.07) is 22.5. The van der Waals surface area contributed by atoms with Crippen molar-refractivity contribution >= 4 is 22.7 Å². The van der Waals surface area contributed by atoms with Crippen LogP contribution in [-0.4, -0.2) is 21.4 Å². The Hall–Kier alpha value is -3.66. The maximum atomic E-state index is 13.3. The third-order valence-corrected chi connectivity index (χ3v) is 5.14. The summed E-state index contributed by atoms with van der Waals surface area (Å²) in [6.07, 6.45) is 0. The number of fused-ring (bicyclic) bond motifs is 1. The molecule has 4 rings (SSSR count). The van der Waals surface area contributed by atoms with Crippen LogP contribution in [-0.2, 0) is 6.54 Å². The van der Waals surface area contributed by atoms with Crippen LogP contribution in [0.5, 0.6) is 0 Å². The quantitative estimate of drug-likeness (QED) is 0.480. The lowest BCUT2D eigenvalue weighted by molar-refractivity contribution is 0.0682. The van der Waals surface area contributed by atoms with Crippen LogP contribution < -0.4 is 0 Å². The smallest absolute Gasteiger partial charge is 0.353 e. The Morgan fingerprint density at radius 3 is 2.28 bits per heavy atom. The Morgan fingerprint density at radius 2 is 1.59 bits per heavy atom. The van der Waals surface area contributed by atoms with Crippen LogP contribution in [0.1, 0.15) is 43.1 Å². The molecule has 4 heteroatoms. The van der Waals surface area contributed by atoms with E-state index in [1.165, 1.54) is 0 Å². The molecule has 0 saturated carbocycles. The van der Waals surface area contributed by atoms with E-state index in [-0.39, 0.29) is 17.0 Å². The van der Waals surface area contributed by atoms with Gasteiger partial charge in [-0.3, -0.25) is 4.79 Å². The lowest BCUT2D eigenvalue weighted by Crippen LogP contribution is -2.14. The summed E-state index contributed by atoms with van der Waals surface area (Å²) >= 11 is 0. The largest absolute Gasteiger partial charge is 0.477 e. The lowest BCUT2D eigenvalue weighted by Gasteiger charge is -2.10. The molecular weight excluding hydrogens is 362 g/mol. The number of carboxylic acid groups (broad SMARTS) is 1. The van der Waals surface area contributed by atoms with Gasteiger partial charge in [0.1, 0.15) is 5.69 Å². The number of carbonyl (C=O) groups is 2. The molecule has 0 spiro atoms. The summed E-state index contributed by atoms with van der Waals surface area (Å²) in [4.78, 5) is 25.6. The van der Waals surface area contributed by atoms with Crippen LogP contribution in [0, 0.1) is 13.8 Å². The van der Waals surface area contributed by atoms with Gasteiger partial charge in [0.15, 0.2) is 5.78 Å². The van der Waals surface area contributed by atoms with E-state index in [1.54, 1.807) is 16.7 Å². The molecule has 4 nitrogen and oxygen atoms in total. The molecule has 144 valence electrons. The second-order valence-electron chi connectivity index (χ2n) is 7.32. The highest BCUT2D eigenvalue weighted by atomic mass is 16.4. The fourth-order valence-corrected chi connectivity index (χ4v) is 3.76. The Balaban J connectivity index is 1.95. The number of aryl methyl sites for hydroxylation is 2. The maximum absolute atomic E-state index is 13.3. The molecule has 29 heavy (non-hydrogen) atoms. The summed E-state index contributed by atoms with van der Waals surface area (Å²) < 4.78 is 1.73. The summed E-state index contributed by atoms with van der Waals surface area (Å²) in [7, 11) is 0. The molecule has 0 atom stereocenters. The molecule has 0 aliphatic rings. The molecule has 1 aromatic heterocycles. The van der Waals surface area contributed by atoms with Gasteiger partial charge in [-0.1, -0.05) is 77.9 Å². The second kappa shape index (κ2) is 7.40. The molecule has 4 aromatic rings. The first-order chi connectivity index (χ1) is 14.0. The van der Waals surface area contributed by atoms with E-state index in [1.807, 2.05) is 74.5 Å². The van der Waals surface area contributed by atoms with E-state index in [0.717, 1.165) is 22.2 Å². The van der Waals surface area contributed by atoms with Gasteiger partial charge >= 0.3 is 5.97 Å². The van der Waals surface area contributed by atoms with Crippen molar-refractivity contribution in [3.63, 3.8) is 0 Å². The number of nitrogens with zero attached hydrogens (tertiary/aromatic N) is 1. The van der Waals surface area contributed by atoms with E-state index >= 15 is 0 Å². The normalized spacial score (nSPS) is 11.0. The van der Waals surface area contributed by atoms with Crippen LogP contribution in [0.15, 0.2) is 72.8 Å². The lowest BCUT2D eigenvalue weighted by atomic mass is 9.99. The predicted molar refractivity (Wildman–Crippen MR) is 114 cm³/mol. The van der Waals surface area contributed by atoms with Gasteiger partial charge in [-0.25, -0.2) is 4.79 Å². The standard InChI is InChI=1S/C25H21NO3/c1-16-10-12-19(13-11-16)24(27)22-20-8-3-4-9-21(20)26(23(22)25(28)29)15-18-7-5-6-17(2)14-18/h3-14H,15H2,1-2H3,(H,28,29). The minimum atomic E-state index is -1.11. The van der Waals surface area contributed by atoms with Crippen LogP contribution in [0.2, 0.25) is 0 Å². The predicted octanol–water partition coefficient (Wildman–Crippen LogP) is 5.24. The molecule has 1 N–H and O–H groups in total. The summed E-state index contributed by atoms with van der Waals surface area (Å²) in [5.74, 6) is -1.38. The molecule has 0 amide bonds. The third-order valence-electron chi connectivity index (χ3n) is 5.14. The number of aromatic carboxylic acids is 1. The van der Waals surface area contributed by atoms with E-state index in [9.17, 15) is 14.7 Å². The van der Waals surface area contributed by atoms with Gasteiger partial charge in [0.25, 0.3) is 0 Å². The second-order valence-corrected chi connectivity index (χ2v) is 7.32. The third kappa shape index (κ3) is 3.45. The van der Waals surface area contributed by atoms with Crippen LogP contribution >= 0.6 is 0 Å². The zero-order valence-electron chi connectivity index (χ0n) is 16.3. The number of benzene rings is 3. The number of carboxylic acids is 1. The SMILES string of the molecule is Cc1ccc(C(=O)c2c(C(=O)O)n(Cc3cccc(C)c3)c3ccccc23)cc1. The molecule has 3 aromatic carbocycles. The van der Waals surface area contributed by atoms with Gasteiger partial charge in [-0.05, 0) is 25.5 Å². The number of para-hydroxylation sites is 1. The highest BCUT2D eigenvalue weighted by Crippen LogP contribution is 2.30. The maximum Gasteiger partial charge on any atom is 0.353 e. The average Bonchev–Trinajstić information content (AvgIpc) is 3.03. The molecule has 0 bridgehead atoms. The zero-order chi connectivity index (χ0) is 20.5. The topological polar surface area (TPSA) is 59.3 Å². The van der Waals surface area contributed by atoms with Gasteiger partial charge < -0.3 is 9.67 Å². The number of carbonyl (C=O) groups excluding carboxylic acids is 1. The van der Waals surface area contributed by atoms with E-state index in [4.69, 9.17) is 0 Å². The first-order valence-corrected chi connectivity index (χ1v) is 9.47. The van der Waals surface area contributed by atoms with Gasteiger partial charge in [-0.15, -0.1) is 0 Å². The Bertz CT molecular complexity index is 1230. The highest BCUT2D eigenvalue weighted by Gasteiger charge is 2.27. The van der Waals surface area contributed by atoms with Crippen molar-refractivity contribution in [2.75, 3.05) is 0 Å². The van der Waals surface area contributed by atoms with Gasteiger partial charge in [0.2, 0.25) is 0 Å². The van der Waals surface area contributed by atoms with Crippen molar-refractivity contribution in [2.45, 2.75) is 20.4 Å². The first-order valence-electron chi connectivity index (χ1n) is 9.47. The Kier molecular flexibility index (Phi) is 4.77. The number of hydrogen-bond acceptors (Lipinski definition) is 2. The minimum Gasteiger partial charge on any atom is -0.477 e. The van der Waals surface area contributed by atoms with Crippen LogP contribution in [0.3, 0.4) is 0 Å². The van der Waals surface area contributed by atoms with Gasteiger partial charge in [0, 0.05) is 23.0 Å². The number of ketones is 1. The fraction of sp³-hybridized carbons (Fsp3) is 0.120. The fourth-order valence-electron chi connectivity index (χ4n) is 3.76. The molecular formula is C25H21NO3. The van der Waals surface area contributed by atoms with Crippen molar-refractivity contribution < 1.29 is 14.7 Å². The number of hydrogen-bond donors (Lipinski definition) is 1. The summed E-state index contributed by atoms with van der Waals surface area (Å²) in [5, 5.41) is 10.7. The first kappa shape index (κ1) is 18.7. The van der Waals surface area contributed by atoms with Gasteiger partial charge in [-0.2, -0.15) is 0 Å². The van der Waals surface area contributed by atoms with Crippen LogP contribution in [0.4, 0.5) is 0 Å². The number of aromatic nitrogens is 1. The van der Waals surface area contributed by atoms with Crippen molar-refractivity contribution in [3.05, 3.63) is 106 Å². The van der Waals surface area contributed by atoms with Crippen molar-refractivity contribution in [1.82, 2.24) is 4.57 Å². The summed E-state index contributed by atoms with van der Waals surface area (Å²) in [6.45, 7) is 4.33. The van der Waals surface area contributed by atoms with E-state index < -0.39 is 5.97 Å². The van der Waals surface area contributed by atoms with Crippen molar-refractivity contribution in [2.24, 2.45) is 0 Å². The molecule has 0 unspecified atom stereocenters. The molecule has 0 fully saturated rings. The van der Waals surface area contributed by atoms with Crippen LogP contribution in [0.25, 0.3) is 10.9 Å². The Morgan fingerprint density at radius 1 is 0.862 bits per heavy atom.